The third-order valence-corrected chi connectivity index (χ3v) is 2.75. The van der Waals surface area contributed by atoms with Crippen LogP contribution in [-0.2, 0) is 6.61 Å². The van der Waals surface area contributed by atoms with Crippen LogP contribution in [0.15, 0.2) is 42.5 Å². The van der Waals surface area contributed by atoms with Crippen molar-refractivity contribution >= 4 is 17.2 Å². The average Bonchev–Trinajstić information content (AvgIpc) is 2.37. The minimum atomic E-state index is -0.508. The molecule has 0 unspecified atom stereocenters. The van der Waals surface area contributed by atoms with Crippen LogP contribution in [-0.4, -0.2) is 4.99 Å². The number of hydrogen-bond acceptors (Lipinski definition) is 2. The maximum Gasteiger partial charge on any atom is 0.139 e. The largest absolute Gasteiger partial charge is 0.489 e. The van der Waals surface area contributed by atoms with Gasteiger partial charge in [-0.3, -0.25) is 0 Å². The van der Waals surface area contributed by atoms with E-state index in [0.717, 1.165) is 0 Å². The number of ether oxygens (including phenoxy) is 1. The lowest BCUT2D eigenvalue weighted by atomic mass is 10.1. The molecule has 0 saturated carbocycles. The Balaban J connectivity index is 2.16. The van der Waals surface area contributed by atoms with Gasteiger partial charge in [0, 0.05) is 17.2 Å². The Morgan fingerprint density at radius 2 is 1.89 bits per heavy atom. The van der Waals surface area contributed by atoms with Gasteiger partial charge in [0.2, 0.25) is 0 Å². The number of hydrogen-bond donors (Lipinski definition) is 1. The maximum atomic E-state index is 14.0. The molecule has 0 heterocycles. The highest BCUT2D eigenvalue weighted by Gasteiger charge is 2.10. The second kappa shape index (κ2) is 5.75. The lowest BCUT2D eigenvalue weighted by Crippen LogP contribution is -2.13. The highest BCUT2D eigenvalue weighted by Crippen LogP contribution is 2.17. The van der Waals surface area contributed by atoms with Gasteiger partial charge in [0.25, 0.3) is 0 Å². The van der Waals surface area contributed by atoms with E-state index < -0.39 is 11.6 Å². The minimum Gasteiger partial charge on any atom is -0.489 e. The summed E-state index contributed by atoms with van der Waals surface area (Å²) in [7, 11) is 0. The molecule has 0 bridgehead atoms. The molecule has 2 N–H and O–H groups in total. The topological polar surface area (TPSA) is 35.2 Å². The summed E-state index contributed by atoms with van der Waals surface area (Å²) in [6.45, 7) is -0.0221. The Morgan fingerprint density at radius 3 is 2.58 bits per heavy atom. The monoisotopic (exact) mass is 279 g/mol. The van der Waals surface area contributed by atoms with Crippen LogP contribution in [0.1, 0.15) is 11.1 Å². The van der Waals surface area contributed by atoms with E-state index in [4.69, 9.17) is 22.7 Å². The van der Waals surface area contributed by atoms with Crippen molar-refractivity contribution in [3.05, 3.63) is 65.2 Å². The predicted octanol–water partition coefficient (Wildman–Crippen LogP) is 3.18. The van der Waals surface area contributed by atoms with E-state index in [9.17, 15) is 8.78 Å². The molecule has 5 heteroatoms. The van der Waals surface area contributed by atoms with Crippen molar-refractivity contribution in [1.29, 1.82) is 0 Å². The van der Waals surface area contributed by atoms with Crippen molar-refractivity contribution < 1.29 is 13.5 Å². The zero-order chi connectivity index (χ0) is 13.8. The highest BCUT2D eigenvalue weighted by molar-refractivity contribution is 7.80. The molecule has 0 aliphatic heterocycles. The number of benzene rings is 2. The second-order valence-corrected chi connectivity index (χ2v) is 4.33. The van der Waals surface area contributed by atoms with Crippen molar-refractivity contribution in [1.82, 2.24) is 0 Å². The summed E-state index contributed by atoms with van der Waals surface area (Å²) in [6.07, 6.45) is 0. The van der Waals surface area contributed by atoms with Crippen LogP contribution in [0, 0.1) is 11.6 Å². The summed E-state index contributed by atoms with van der Waals surface area (Å²) in [4.78, 5) is -0.00916. The van der Waals surface area contributed by atoms with E-state index >= 15 is 0 Å². The van der Waals surface area contributed by atoms with Gasteiger partial charge in [0.1, 0.15) is 29.0 Å². The molecule has 2 rings (SSSR count). The Labute approximate surface area is 114 Å². The van der Waals surface area contributed by atoms with E-state index in [2.05, 4.69) is 0 Å². The highest BCUT2D eigenvalue weighted by atomic mass is 32.1. The normalized spacial score (nSPS) is 10.2. The minimum absolute atomic E-state index is 0.00916. The standard InChI is InChI=1S/C14H11F2NOS/c15-10-4-2-5-11(7-10)18-8-9-3-1-6-12(13(9)16)14(17)19/h1-7H,8H2,(H2,17,19). The molecule has 0 fully saturated rings. The van der Waals surface area contributed by atoms with Crippen LogP contribution in [0.3, 0.4) is 0 Å². The van der Waals surface area contributed by atoms with Crippen LogP contribution in [0.5, 0.6) is 5.75 Å². The first-order valence-corrected chi connectivity index (χ1v) is 5.94. The molecule has 0 radical (unpaired) electrons. The van der Waals surface area contributed by atoms with Crippen molar-refractivity contribution in [2.45, 2.75) is 6.61 Å². The SMILES string of the molecule is NC(=S)c1cccc(COc2cccc(F)c2)c1F. The molecule has 19 heavy (non-hydrogen) atoms. The Morgan fingerprint density at radius 1 is 1.16 bits per heavy atom. The van der Waals surface area contributed by atoms with E-state index in [1.807, 2.05) is 0 Å². The second-order valence-electron chi connectivity index (χ2n) is 3.89. The molecule has 0 aromatic heterocycles. The molecule has 2 aromatic rings. The van der Waals surface area contributed by atoms with Gasteiger partial charge >= 0.3 is 0 Å². The van der Waals surface area contributed by atoms with E-state index in [-0.39, 0.29) is 17.2 Å². The molecule has 0 saturated heterocycles. The molecule has 0 aliphatic carbocycles. The van der Waals surface area contributed by atoms with Crippen molar-refractivity contribution in [3.63, 3.8) is 0 Å². The van der Waals surface area contributed by atoms with Crippen LogP contribution in [0.25, 0.3) is 0 Å². The number of rotatable bonds is 4. The summed E-state index contributed by atoms with van der Waals surface area (Å²) in [5.41, 5.74) is 5.90. The summed E-state index contributed by atoms with van der Waals surface area (Å²) in [5.74, 6) is -0.582. The lowest BCUT2D eigenvalue weighted by molar-refractivity contribution is 0.298. The van der Waals surface area contributed by atoms with Crippen molar-refractivity contribution in [2.75, 3.05) is 0 Å². The Kier molecular flexibility index (Phi) is 4.06. The van der Waals surface area contributed by atoms with E-state index in [0.29, 0.717) is 11.3 Å². The molecule has 0 atom stereocenters. The van der Waals surface area contributed by atoms with Crippen LogP contribution >= 0.6 is 12.2 Å². The molecule has 0 amide bonds. The molecule has 0 spiro atoms. The summed E-state index contributed by atoms with van der Waals surface area (Å²) in [6, 6.07) is 10.4. The smallest absolute Gasteiger partial charge is 0.139 e. The first-order chi connectivity index (χ1) is 9.08. The van der Waals surface area contributed by atoms with E-state index in [1.54, 1.807) is 18.2 Å². The van der Waals surface area contributed by atoms with Gasteiger partial charge in [-0.05, 0) is 18.2 Å². The Bertz CT molecular complexity index is 616. The van der Waals surface area contributed by atoms with Gasteiger partial charge in [0.15, 0.2) is 0 Å². The third-order valence-electron chi connectivity index (χ3n) is 2.53. The molecule has 2 nitrogen and oxygen atoms in total. The number of thiocarbonyl (C=S) groups is 1. The molecular formula is C14H11F2NOS. The maximum absolute atomic E-state index is 14.0. The summed E-state index contributed by atoms with van der Waals surface area (Å²) < 4.78 is 32.3. The predicted molar refractivity (Wildman–Crippen MR) is 73.0 cm³/mol. The molecule has 0 aliphatic rings. The van der Waals surface area contributed by atoms with Gasteiger partial charge in [-0.15, -0.1) is 0 Å². The van der Waals surface area contributed by atoms with Gasteiger partial charge in [-0.25, -0.2) is 8.78 Å². The fourth-order valence-electron chi connectivity index (χ4n) is 1.60. The number of halogens is 2. The van der Waals surface area contributed by atoms with E-state index in [1.165, 1.54) is 24.3 Å². The average molecular weight is 279 g/mol. The molecule has 2 aromatic carbocycles. The van der Waals surface area contributed by atoms with Crippen LogP contribution in [0.2, 0.25) is 0 Å². The lowest BCUT2D eigenvalue weighted by Gasteiger charge is -2.09. The summed E-state index contributed by atoms with van der Waals surface area (Å²) >= 11 is 4.75. The van der Waals surface area contributed by atoms with Gasteiger partial charge in [-0.1, -0.05) is 30.4 Å². The van der Waals surface area contributed by atoms with Crippen molar-refractivity contribution in [3.8, 4) is 5.75 Å². The zero-order valence-corrected chi connectivity index (χ0v) is 10.7. The third kappa shape index (κ3) is 3.26. The van der Waals surface area contributed by atoms with Crippen LogP contribution in [0.4, 0.5) is 8.78 Å². The van der Waals surface area contributed by atoms with Crippen LogP contribution < -0.4 is 10.5 Å². The van der Waals surface area contributed by atoms with Crippen molar-refractivity contribution in [2.24, 2.45) is 5.73 Å². The summed E-state index contributed by atoms with van der Waals surface area (Å²) in [5, 5.41) is 0. The van der Waals surface area contributed by atoms with Gasteiger partial charge < -0.3 is 10.5 Å². The molecular weight excluding hydrogens is 268 g/mol. The fraction of sp³-hybridized carbons (Fsp3) is 0.0714. The fourth-order valence-corrected chi connectivity index (χ4v) is 1.76. The molecule has 98 valence electrons. The quantitative estimate of drug-likeness (QED) is 0.873. The first-order valence-electron chi connectivity index (χ1n) is 5.53. The Hall–Kier alpha value is -2.01. The number of nitrogens with two attached hydrogens (primary N) is 1. The van der Waals surface area contributed by atoms with Gasteiger partial charge in [-0.2, -0.15) is 0 Å². The first kappa shape index (κ1) is 13.4. The van der Waals surface area contributed by atoms with Gasteiger partial charge in [0.05, 0.1) is 0 Å². The zero-order valence-electron chi connectivity index (χ0n) is 9.90.